The van der Waals surface area contributed by atoms with Gasteiger partial charge < -0.3 is 20.3 Å². The highest BCUT2D eigenvalue weighted by molar-refractivity contribution is 6.31. The topological polar surface area (TPSA) is 112 Å². The molecule has 3 amide bonds. The lowest BCUT2D eigenvalue weighted by Crippen LogP contribution is -2.62. The van der Waals surface area contributed by atoms with Crippen LogP contribution in [0.5, 0.6) is 0 Å². The van der Waals surface area contributed by atoms with Crippen molar-refractivity contribution in [3.8, 4) is 0 Å². The quantitative estimate of drug-likeness (QED) is 0.302. The average molecular weight is 649 g/mol. The van der Waals surface area contributed by atoms with E-state index in [4.69, 9.17) is 27.9 Å². The summed E-state index contributed by atoms with van der Waals surface area (Å²) in [5.74, 6) is -2.85. The molecule has 0 unspecified atom stereocenters. The van der Waals surface area contributed by atoms with E-state index in [2.05, 4.69) is 41.4 Å². The number of hydrogen-bond acceptors (Lipinski definition) is 6. The molecule has 9 nitrogen and oxygen atoms in total. The zero-order valence-corrected chi connectivity index (χ0v) is 27.0. The molecule has 1 saturated carbocycles. The first kappa shape index (κ1) is 32.6. The van der Waals surface area contributed by atoms with Crippen molar-refractivity contribution in [2.24, 2.45) is 16.3 Å². The van der Waals surface area contributed by atoms with Crippen LogP contribution in [0.25, 0.3) is 0 Å². The monoisotopic (exact) mass is 647 g/mol. The maximum atomic E-state index is 16.7. The number of halogens is 3. The Morgan fingerprint density at radius 3 is 2.52 bits per heavy atom. The van der Waals surface area contributed by atoms with E-state index in [1.807, 2.05) is 0 Å². The van der Waals surface area contributed by atoms with Gasteiger partial charge in [-0.15, -0.1) is 0 Å². The van der Waals surface area contributed by atoms with Crippen LogP contribution < -0.4 is 16.0 Å². The number of anilines is 1. The van der Waals surface area contributed by atoms with Gasteiger partial charge in [-0.3, -0.25) is 19.7 Å². The van der Waals surface area contributed by atoms with Gasteiger partial charge >= 0.3 is 0 Å². The summed E-state index contributed by atoms with van der Waals surface area (Å²) >= 11 is 12.1. The first-order chi connectivity index (χ1) is 20.7. The van der Waals surface area contributed by atoms with Crippen LogP contribution in [0.4, 0.5) is 10.1 Å². The van der Waals surface area contributed by atoms with Crippen LogP contribution in [0.3, 0.4) is 0 Å². The van der Waals surface area contributed by atoms with Gasteiger partial charge in [-0.25, -0.2) is 9.38 Å². The normalized spacial score (nSPS) is 30.8. The number of hydrogen-bond donors (Lipinski definition) is 3. The van der Waals surface area contributed by atoms with Crippen LogP contribution in [-0.2, 0) is 24.5 Å². The Morgan fingerprint density at radius 1 is 1.20 bits per heavy atom. The van der Waals surface area contributed by atoms with Crippen LogP contribution in [0.15, 0.2) is 46.8 Å². The van der Waals surface area contributed by atoms with Gasteiger partial charge in [-0.1, -0.05) is 49.7 Å². The second-order valence-electron chi connectivity index (χ2n) is 13.3. The minimum Gasteiger partial charge on any atom is -0.366 e. The summed E-state index contributed by atoms with van der Waals surface area (Å²) < 4.78 is 22.5. The van der Waals surface area contributed by atoms with Crippen LogP contribution in [0.2, 0.25) is 5.02 Å². The second-order valence-corrected chi connectivity index (χ2v) is 14.2. The minimum absolute atomic E-state index is 0.0174. The zero-order chi connectivity index (χ0) is 32.0. The molecule has 3 aliphatic heterocycles. The molecule has 2 saturated heterocycles. The third kappa shape index (κ3) is 5.70. The van der Waals surface area contributed by atoms with E-state index >= 15 is 4.39 Å². The first-order valence-electron chi connectivity index (χ1n) is 15.0. The van der Waals surface area contributed by atoms with Crippen molar-refractivity contribution in [3.05, 3.63) is 52.4 Å². The van der Waals surface area contributed by atoms with Gasteiger partial charge in [0.15, 0.2) is 0 Å². The highest BCUT2D eigenvalue weighted by atomic mass is 35.5. The number of ether oxygens (including phenoxy) is 1. The predicted octanol–water partition coefficient (Wildman–Crippen LogP) is 4.84. The Balaban J connectivity index is 1.56. The predicted molar refractivity (Wildman–Crippen MR) is 169 cm³/mol. The van der Waals surface area contributed by atoms with Gasteiger partial charge in [0.25, 0.3) is 5.91 Å². The number of carbonyl (C=O) groups is 3. The van der Waals surface area contributed by atoms with Gasteiger partial charge in [0, 0.05) is 36.6 Å². The molecule has 5 atom stereocenters. The van der Waals surface area contributed by atoms with Crippen molar-refractivity contribution < 1.29 is 23.5 Å². The lowest BCUT2D eigenvalue weighted by molar-refractivity contribution is -0.145. The number of amides is 3. The van der Waals surface area contributed by atoms with Crippen molar-refractivity contribution in [1.82, 2.24) is 15.5 Å². The summed E-state index contributed by atoms with van der Waals surface area (Å²) in [7, 11) is 3.34. The molecule has 1 aromatic rings. The SMILES string of the molecule is C=C(Cl)N=C/C=C(\F)[C@H]1[C@H](C(=O)N[C@@H]2CC[C@@H](C(=O)N(C)C)OC2)NC2(CCC(C)(C)CC2)[C@@]12C(=O)Nc1cc(Cl)ccc12. The van der Waals surface area contributed by atoms with Crippen molar-refractivity contribution in [3.63, 3.8) is 0 Å². The highest BCUT2D eigenvalue weighted by Crippen LogP contribution is 2.62. The first-order valence-corrected chi connectivity index (χ1v) is 15.7. The van der Waals surface area contributed by atoms with Crippen molar-refractivity contribution in [1.29, 1.82) is 0 Å². The number of allylic oxidation sites excluding steroid dienone is 1. The zero-order valence-electron chi connectivity index (χ0n) is 25.5. The molecule has 4 aliphatic rings. The molecular formula is C32H40Cl2FN5O4. The van der Waals surface area contributed by atoms with Crippen LogP contribution in [-0.4, -0.2) is 73.3 Å². The van der Waals surface area contributed by atoms with Crippen molar-refractivity contribution in [2.75, 3.05) is 26.0 Å². The Hall–Kier alpha value is -2.79. The Morgan fingerprint density at radius 2 is 1.91 bits per heavy atom. The maximum absolute atomic E-state index is 16.7. The molecule has 0 aromatic heterocycles. The Labute approximate surface area is 267 Å². The third-order valence-electron chi connectivity index (χ3n) is 9.82. The van der Waals surface area contributed by atoms with E-state index in [1.54, 1.807) is 32.3 Å². The summed E-state index contributed by atoms with van der Waals surface area (Å²) in [6.07, 6.45) is 5.37. The van der Waals surface area contributed by atoms with E-state index in [1.165, 1.54) is 11.1 Å². The summed E-state index contributed by atoms with van der Waals surface area (Å²) in [6.45, 7) is 8.01. The number of rotatable bonds is 6. The van der Waals surface area contributed by atoms with Gasteiger partial charge in [-0.2, -0.15) is 0 Å². The van der Waals surface area contributed by atoms with Crippen molar-refractivity contribution in [2.45, 2.75) is 81.5 Å². The molecule has 0 bridgehead atoms. The van der Waals surface area contributed by atoms with Crippen LogP contribution >= 0.6 is 23.2 Å². The van der Waals surface area contributed by atoms with E-state index in [0.717, 1.165) is 18.9 Å². The van der Waals surface area contributed by atoms with Gasteiger partial charge in [-0.05, 0) is 67.7 Å². The molecule has 3 N–H and O–H groups in total. The molecule has 5 rings (SSSR count). The smallest absolute Gasteiger partial charge is 0.251 e. The second kappa shape index (κ2) is 12.2. The lowest BCUT2D eigenvalue weighted by Gasteiger charge is -2.50. The van der Waals surface area contributed by atoms with E-state index < -0.39 is 40.8 Å². The van der Waals surface area contributed by atoms with Gasteiger partial charge in [0.2, 0.25) is 11.8 Å². The molecule has 3 heterocycles. The molecule has 2 spiro atoms. The minimum atomic E-state index is -1.45. The number of nitrogens with zero attached hydrogens (tertiary/aromatic N) is 2. The van der Waals surface area contributed by atoms with E-state index in [9.17, 15) is 14.4 Å². The molecule has 12 heteroatoms. The number of benzene rings is 1. The lowest BCUT2D eigenvalue weighted by atomic mass is 9.54. The molecule has 0 radical (unpaired) electrons. The summed E-state index contributed by atoms with van der Waals surface area (Å²) in [4.78, 5) is 46.3. The number of fused-ring (bicyclic) bond motifs is 3. The molecule has 1 aromatic carbocycles. The van der Waals surface area contributed by atoms with Gasteiger partial charge in [0.1, 0.15) is 22.5 Å². The van der Waals surface area contributed by atoms with E-state index in [0.29, 0.717) is 42.0 Å². The number of carbonyl (C=O) groups excluding carboxylic acids is 3. The molecule has 44 heavy (non-hydrogen) atoms. The van der Waals surface area contributed by atoms with Crippen LogP contribution in [0, 0.1) is 11.3 Å². The number of likely N-dealkylation sites (N-methyl/N-ethyl adjacent to an activating group) is 1. The number of nitrogens with one attached hydrogen (secondary N) is 3. The Kier molecular flexibility index (Phi) is 9.03. The fraction of sp³-hybridized carbons (Fsp3) is 0.562. The van der Waals surface area contributed by atoms with Crippen LogP contribution in [0.1, 0.15) is 57.9 Å². The molecule has 3 fully saturated rings. The third-order valence-corrected chi connectivity index (χ3v) is 10.2. The summed E-state index contributed by atoms with van der Waals surface area (Å²) in [5, 5.41) is 9.96. The average Bonchev–Trinajstić information content (AvgIpc) is 3.42. The largest absolute Gasteiger partial charge is 0.366 e. The maximum Gasteiger partial charge on any atom is 0.251 e. The molecule has 238 valence electrons. The molecule has 1 aliphatic carbocycles. The van der Waals surface area contributed by atoms with Gasteiger partial charge in [0.05, 0.1) is 24.6 Å². The fourth-order valence-corrected chi connectivity index (χ4v) is 7.77. The molecular weight excluding hydrogens is 608 g/mol. The Bertz CT molecular complexity index is 1410. The number of aliphatic imine (C=N–C) groups is 1. The van der Waals surface area contributed by atoms with Crippen molar-refractivity contribution >= 4 is 52.8 Å². The fourth-order valence-electron chi connectivity index (χ4n) is 7.54. The van der Waals surface area contributed by atoms with E-state index in [-0.39, 0.29) is 35.0 Å². The standard InChI is InChI=1S/C32H40Cl2FN5O4/c1-18(33)36-15-10-22(35)25-26(27(41)37-20-7-9-24(44-17-20)28(42)40(4)5)39-31(13-11-30(2,3)12-14-31)32(25)21-8-6-19(34)16-23(21)38-29(32)43/h6,8,10,15-16,20,24-26,39H,1,7,9,11-14,17H2,2-5H3,(H,37,41)(H,38,43)/b22-10-,36-15?/t20-,24+,25+,26-,32-/m1/s1. The highest BCUT2D eigenvalue weighted by Gasteiger charge is 2.73. The summed E-state index contributed by atoms with van der Waals surface area (Å²) in [6, 6.07) is 3.64. The summed E-state index contributed by atoms with van der Waals surface area (Å²) in [5.41, 5.74) is -1.25.